The van der Waals surface area contributed by atoms with E-state index in [0.717, 1.165) is 16.9 Å². The van der Waals surface area contributed by atoms with E-state index in [0.29, 0.717) is 6.54 Å². The summed E-state index contributed by atoms with van der Waals surface area (Å²) in [5.41, 5.74) is 2.30. The molecule has 128 valence electrons. The van der Waals surface area contributed by atoms with Gasteiger partial charge in [-0.05, 0) is 18.6 Å². The first kappa shape index (κ1) is 16.7. The van der Waals surface area contributed by atoms with Crippen LogP contribution < -0.4 is 10.1 Å². The number of hydrogen-bond acceptors (Lipinski definition) is 4. The number of nitrogens with one attached hydrogen (secondary N) is 1. The third-order valence-electron chi connectivity index (χ3n) is 3.91. The van der Waals surface area contributed by atoms with Crippen molar-refractivity contribution in [2.24, 2.45) is 0 Å². The van der Waals surface area contributed by atoms with Crippen LogP contribution in [0.5, 0.6) is 5.75 Å². The van der Waals surface area contributed by atoms with Crippen molar-refractivity contribution in [3.05, 3.63) is 77.6 Å². The van der Waals surface area contributed by atoms with E-state index in [1.807, 2.05) is 61.5 Å². The molecule has 0 aliphatic carbocycles. The van der Waals surface area contributed by atoms with E-state index < -0.39 is 0 Å². The molecule has 2 aromatic carbocycles. The number of amides is 1. The molecule has 0 saturated carbocycles. The van der Waals surface area contributed by atoms with Gasteiger partial charge in [-0.3, -0.25) is 4.79 Å². The van der Waals surface area contributed by atoms with Gasteiger partial charge in [-0.15, -0.1) is 5.10 Å². The summed E-state index contributed by atoms with van der Waals surface area (Å²) in [6, 6.07) is 17.3. The topological polar surface area (TPSA) is 69.0 Å². The Labute approximate surface area is 146 Å². The number of para-hydroxylation sites is 1. The zero-order valence-corrected chi connectivity index (χ0v) is 14.2. The fourth-order valence-corrected chi connectivity index (χ4v) is 2.62. The van der Waals surface area contributed by atoms with Gasteiger partial charge in [-0.1, -0.05) is 53.7 Å². The average molecular weight is 336 g/mol. The largest absolute Gasteiger partial charge is 0.496 e. The molecule has 0 aliphatic heterocycles. The van der Waals surface area contributed by atoms with Gasteiger partial charge in [0.15, 0.2) is 5.69 Å². The fraction of sp³-hybridized carbons (Fsp3) is 0.211. The monoisotopic (exact) mass is 336 g/mol. The van der Waals surface area contributed by atoms with Crippen LogP contribution in [0.1, 0.15) is 34.6 Å². The molecule has 1 atom stereocenters. The molecule has 6 heteroatoms. The van der Waals surface area contributed by atoms with Gasteiger partial charge in [0.1, 0.15) is 5.75 Å². The summed E-state index contributed by atoms with van der Waals surface area (Å²) in [5, 5.41) is 10.9. The molecule has 25 heavy (non-hydrogen) atoms. The molecule has 0 bridgehead atoms. The first-order valence-corrected chi connectivity index (χ1v) is 8.05. The molecule has 1 aromatic heterocycles. The van der Waals surface area contributed by atoms with Crippen LogP contribution in [-0.4, -0.2) is 28.0 Å². The van der Waals surface area contributed by atoms with Crippen molar-refractivity contribution in [1.82, 2.24) is 20.3 Å². The van der Waals surface area contributed by atoms with Crippen LogP contribution in [0.4, 0.5) is 0 Å². The summed E-state index contributed by atoms with van der Waals surface area (Å²) < 4.78 is 6.99. The lowest BCUT2D eigenvalue weighted by atomic mass is 10.1. The highest BCUT2D eigenvalue weighted by molar-refractivity contribution is 5.92. The molecule has 0 saturated heterocycles. The van der Waals surface area contributed by atoms with Gasteiger partial charge in [0.05, 0.1) is 25.9 Å². The standard InChI is InChI=1S/C19H20N4O2/c1-14(16-10-6-7-11-18(16)25-2)20-19(24)17-13-23(22-21-17)12-15-8-4-3-5-9-15/h3-11,13-14H,12H2,1-2H3,(H,20,24). The van der Waals surface area contributed by atoms with Crippen molar-refractivity contribution in [2.75, 3.05) is 7.11 Å². The molecule has 3 aromatic rings. The maximum Gasteiger partial charge on any atom is 0.273 e. The molecule has 1 heterocycles. The minimum Gasteiger partial charge on any atom is -0.496 e. The molecule has 1 N–H and O–H groups in total. The van der Waals surface area contributed by atoms with Crippen molar-refractivity contribution >= 4 is 5.91 Å². The van der Waals surface area contributed by atoms with Gasteiger partial charge in [0, 0.05) is 5.56 Å². The first-order chi connectivity index (χ1) is 12.2. The van der Waals surface area contributed by atoms with Crippen LogP contribution in [0.25, 0.3) is 0 Å². The van der Waals surface area contributed by atoms with Crippen LogP contribution in [0.2, 0.25) is 0 Å². The summed E-state index contributed by atoms with van der Waals surface area (Å²) in [5.74, 6) is 0.473. The molecular weight excluding hydrogens is 316 g/mol. The number of aromatic nitrogens is 3. The third-order valence-corrected chi connectivity index (χ3v) is 3.91. The Morgan fingerprint density at radius 3 is 2.64 bits per heavy atom. The molecule has 3 rings (SSSR count). The summed E-state index contributed by atoms with van der Waals surface area (Å²) in [6.45, 7) is 2.48. The van der Waals surface area contributed by atoms with Crippen LogP contribution >= 0.6 is 0 Å². The number of rotatable bonds is 6. The second-order valence-electron chi connectivity index (χ2n) is 5.72. The van der Waals surface area contributed by atoms with Crippen molar-refractivity contribution in [1.29, 1.82) is 0 Å². The maximum absolute atomic E-state index is 12.4. The third kappa shape index (κ3) is 4.03. The Kier molecular flexibility index (Phi) is 5.09. The highest BCUT2D eigenvalue weighted by Crippen LogP contribution is 2.24. The number of methoxy groups -OCH3 is 1. The van der Waals surface area contributed by atoms with Gasteiger partial charge >= 0.3 is 0 Å². The fourth-order valence-electron chi connectivity index (χ4n) is 2.62. The summed E-state index contributed by atoms with van der Waals surface area (Å²) in [6.07, 6.45) is 1.65. The molecule has 0 fully saturated rings. The molecule has 0 spiro atoms. The lowest BCUT2D eigenvalue weighted by Gasteiger charge is -2.16. The molecule has 6 nitrogen and oxygen atoms in total. The number of nitrogens with zero attached hydrogens (tertiary/aromatic N) is 3. The minimum atomic E-state index is -0.266. The Morgan fingerprint density at radius 1 is 1.16 bits per heavy atom. The van der Waals surface area contributed by atoms with E-state index in [1.165, 1.54) is 0 Å². The van der Waals surface area contributed by atoms with E-state index in [4.69, 9.17) is 4.74 Å². The van der Waals surface area contributed by atoms with Crippen LogP contribution in [0.15, 0.2) is 60.8 Å². The minimum absolute atomic E-state index is 0.206. The summed E-state index contributed by atoms with van der Waals surface area (Å²) >= 11 is 0. The second kappa shape index (κ2) is 7.61. The zero-order chi connectivity index (χ0) is 17.6. The number of carbonyl (C=O) groups excluding carboxylic acids is 1. The normalized spacial score (nSPS) is 11.8. The number of hydrogen-bond donors (Lipinski definition) is 1. The lowest BCUT2D eigenvalue weighted by Crippen LogP contribution is -2.27. The first-order valence-electron chi connectivity index (χ1n) is 8.05. The van der Waals surface area contributed by atoms with E-state index in [9.17, 15) is 4.79 Å². The number of carbonyl (C=O) groups is 1. The highest BCUT2D eigenvalue weighted by Gasteiger charge is 2.17. The van der Waals surface area contributed by atoms with E-state index in [1.54, 1.807) is 18.0 Å². The van der Waals surface area contributed by atoms with E-state index in [-0.39, 0.29) is 17.6 Å². The zero-order valence-electron chi connectivity index (χ0n) is 14.2. The SMILES string of the molecule is COc1ccccc1C(C)NC(=O)c1cn(Cc2ccccc2)nn1. The Balaban J connectivity index is 1.67. The predicted molar refractivity (Wildman–Crippen MR) is 94.4 cm³/mol. The van der Waals surface area contributed by atoms with Crippen LogP contribution in [0, 0.1) is 0 Å². The van der Waals surface area contributed by atoms with E-state index >= 15 is 0 Å². The molecule has 0 radical (unpaired) electrons. The van der Waals surface area contributed by atoms with Crippen LogP contribution in [-0.2, 0) is 6.54 Å². The van der Waals surface area contributed by atoms with Gasteiger partial charge in [0.25, 0.3) is 5.91 Å². The van der Waals surface area contributed by atoms with Crippen LogP contribution in [0.3, 0.4) is 0 Å². The Hall–Kier alpha value is -3.15. The predicted octanol–water partition coefficient (Wildman–Crippen LogP) is 2.83. The second-order valence-corrected chi connectivity index (χ2v) is 5.72. The molecule has 0 aliphatic rings. The highest BCUT2D eigenvalue weighted by atomic mass is 16.5. The molecule has 1 unspecified atom stereocenters. The Morgan fingerprint density at radius 2 is 1.88 bits per heavy atom. The lowest BCUT2D eigenvalue weighted by molar-refractivity contribution is 0.0934. The van der Waals surface area contributed by atoms with Gasteiger partial charge in [-0.25, -0.2) is 4.68 Å². The number of ether oxygens (including phenoxy) is 1. The van der Waals surface area contributed by atoms with Gasteiger partial charge in [0.2, 0.25) is 0 Å². The van der Waals surface area contributed by atoms with Crippen molar-refractivity contribution in [2.45, 2.75) is 19.5 Å². The van der Waals surface area contributed by atoms with Crippen molar-refractivity contribution in [3.8, 4) is 5.75 Å². The van der Waals surface area contributed by atoms with Gasteiger partial charge in [-0.2, -0.15) is 0 Å². The summed E-state index contributed by atoms with van der Waals surface area (Å²) in [4.78, 5) is 12.4. The Bertz CT molecular complexity index is 845. The smallest absolute Gasteiger partial charge is 0.273 e. The summed E-state index contributed by atoms with van der Waals surface area (Å²) in [7, 11) is 1.61. The number of benzene rings is 2. The van der Waals surface area contributed by atoms with Crippen molar-refractivity contribution in [3.63, 3.8) is 0 Å². The van der Waals surface area contributed by atoms with E-state index in [2.05, 4.69) is 15.6 Å². The average Bonchev–Trinajstić information content (AvgIpc) is 3.11. The van der Waals surface area contributed by atoms with Gasteiger partial charge < -0.3 is 10.1 Å². The maximum atomic E-state index is 12.4. The molecular formula is C19H20N4O2. The van der Waals surface area contributed by atoms with Crippen molar-refractivity contribution < 1.29 is 9.53 Å². The quantitative estimate of drug-likeness (QED) is 0.751. The molecule has 1 amide bonds.